The van der Waals surface area contributed by atoms with Gasteiger partial charge in [-0.05, 0) is 37.8 Å². The van der Waals surface area contributed by atoms with Crippen LogP contribution in [0.4, 0.5) is 5.69 Å². The van der Waals surface area contributed by atoms with Crippen LogP contribution in [0.3, 0.4) is 0 Å². The Labute approximate surface area is 115 Å². The number of hydrogen-bond donors (Lipinski definition) is 1. The Morgan fingerprint density at radius 3 is 2.89 bits per heavy atom. The van der Waals surface area contributed by atoms with Crippen molar-refractivity contribution in [3.63, 3.8) is 0 Å². The van der Waals surface area contributed by atoms with Crippen molar-refractivity contribution >= 4 is 5.69 Å². The van der Waals surface area contributed by atoms with Gasteiger partial charge >= 0.3 is 0 Å². The highest BCUT2D eigenvalue weighted by atomic mass is 16.5. The number of fused-ring (bicyclic) bond motifs is 1. The Morgan fingerprint density at radius 1 is 1.37 bits per heavy atom. The molecule has 0 amide bonds. The van der Waals surface area contributed by atoms with Crippen LogP contribution in [-0.2, 0) is 17.6 Å². The van der Waals surface area contributed by atoms with Gasteiger partial charge in [-0.2, -0.15) is 0 Å². The first-order valence-corrected chi connectivity index (χ1v) is 7.27. The first-order valence-electron chi connectivity index (χ1n) is 7.27. The van der Waals surface area contributed by atoms with E-state index in [0.717, 1.165) is 44.8 Å². The number of aromatic nitrogens is 1. The van der Waals surface area contributed by atoms with Crippen LogP contribution in [0.15, 0.2) is 6.07 Å². The summed E-state index contributed by atoms with van der Waals surface area (Å²) in [5.74, 6) is 0. The molecule has 2 heterocycles. The second-order valence-electron chi connectivity index (χ2n) is 5.53. The molecule has 0 saturated carbocycles. The molecule has 2 aliphatic rings. The van der Waals surface area contributed by atoms with Crippen LogP contribution in [0.2, 0.25) is 0 Å². The average Bonchev–Trinajstić information content (AvgIpc) is 2.46. The van der Waals surface area contributed by atoms with Gasteiger partial charge in [0.25, 0.3) is 0 Å². The van der Waals surface area contributed by atoms with Crippen LogP contribution in [0.5, 0.6) is 0 Å². The Hall–Kier alpha value is -1.13. The van der Waals surface area contributed by atoms with E-state index in [9.17, 15) is 0 Å². The van der Waals surface area contributed by atoms with E-state index in [0.29, 0.717) is 6.04 Å². The third-order valence-corrected chi connectivity index (χ3v) is 4.32. The zero-order valence-electron chi connectivity index (χ0n) is 11.9. The van der Waals surface area contributed by atoms with Gasteiger partial charge in [0.15, 0.2) is 0 Å². The van der Waals surface area contributed by atoms with Crippen LogP contribution in [-0.4, -0.2) is 49.3 Å². The molecule has 1 aromatic heterocycles. The lowest BCUT2D eigenvalue weighted by Crippen LogP contribution is -2.46. The topological polar surface area (TPSA) is 37.4 Å². The van der Waals surface area contributed by atoms with Crippen molar-refractivity contribution in [2.45, 2.75) is 32.2 Å². The van der Waals surface area contributed by atoms with Crippen molar-refractivity contribution in [1.29, 1.82) is 0 Å². The fraction of sp³-hybridized carbons (Fsp3) is 0.667. The zero-order valence-corrected chi connectivity index (χ0v) is 11.9. The summed E-state index contributed by atoms with van der Waals surface area (Å²) in [6.07, 6.45) is 3.46. The van der Waals surface area contributed by atoms with Crippen molar-refractivity contribution in [1.82, 2.24) is 9.88 Å². The predicted molar refractivity (Wildman–Crippen MR) is 76.7 cm³/mol. The van der Waals surface area contributed by atoms with E-state index >= 15 is 0 Å². The molecule has 0 aromatic carbocycles. The molecule has 19 heavy (non-hydrogen) atoms. The Kier molecular flexibility index (Phi) is 3.71. The van der Waals surface area contributed by atoms with Crippen molar-refractivity contribution in [3.8, 4) is 0 Å². The van der Waals surface area contributed by atoms with E-state index in [2.05, 4.69) is 23.2 Å². The van der Waals surface area contributed by atoms with Crippen molar-refractivity contribution in [3.05, 3.63) is 23.0 Å². The van der Waals surface area contributed by atoms with Gasteiger partial charge in [-0.1, -0.05) is 0 Å². The maximum absolute atomic E-state index is 5.45. The van der Waals surface area contributed by atoms with Gasteiger partial charge in [0.1, 0.15) is 0 Å². The molecule has 0 bridgehead atoms. The summed E-state index contributed by atoms with van der Waals surface area (Å²) < 4.78 is 5.45. The average molecular weight is 261 g/mol. The molecule has 1 saturated heterocycles. The first-order chi connectivity index (χ1) is 9.28. The number of nitrogens with zero attached hydrogens (tertiary/aromatic N) is 2. The lowest BCUT2D eigenvalue weighted by molar-refractivity contribution is 0.0136. The van der Waals surface area contributed by atoms with E-state index < -0.39 is 0 Å². The van der Waals surface area contributed by atoms with Crippen molar-refractivity contribution < 1.29 is 4.74 Å². The standard InChI is InChI=1S/C15H23N3O/c1-11-9-15(16-2)13-10-12(3-4-14(13)17-11)18-5-7-19-8-6-18/h9,12H,3-8,10H2,1-2H3,(H,16,17). The molecule has 1 aromatic rings. The van der Waals surface area contributed by atoms with Crippen LogP contribution >= 0.6 is 0 Å². The molecule has 4 heteroatoms. The first kappa shape index (κ1) is 12.9. The van der Waals surface area contributed by atoms with Gasteiger partial charge in [0.05, 0.1) is 13.2 Å². The number of anilines is 1. The van der Waals surface area contributed by atoms with Crippen LogP contribution in [0.25, 0.3) is 0 Å². The molecule has 1 N–H and O–H groups in total. The maximum atomic E-state index is 5.45. The Bertz CT molecular complexity index is 438. The number of rotatable bonds is 2. The molecule has 104 valence electrons. The smallest absolute Gasteiger partial charge is 0.0594 e. The van der Waals surface area contributed by atoms with E-state index in [4.69, 9.17) is 9.72 Å². The van der Waals surface area contributed by atoms with Crippen molar-refractivity contribution in [2.24, 2.45) is 0 Å². The lowest BCUT2D eigenvalue weighted by atomic mass is 9.89. The van der Waals surface area contributed by atoms with Gasteiger partial charge in [0, 0.05) is 43.3 Å². The van der Waals surface area contributed by atoms with Gasteiger partial charge in [-0.25, -0.2) is 0 Å². The Balaban J connectivity index is 1.82. The van der Waals surface area contributed by atoms with Crippen LogP contribution in [0.1, 0.15) is 23.4 Å². The number of morpholine rings is 1. The summed E-state index contributed by atoms with van der Waals surface area (Å²) in [5, 5.41) is 3.34. The van der Waals surface area contributed by atoms with Gasteiger partial charge < -0.3 is 10.1 Å². The third-order valence-electron chi connectivity index (χ3n) is 4.32. The number of nitrogens with one attached hydrogen (secondary N) is 1. The molecule has 1 fully saturated rings. The molecule has 1 aliphatic heterocycles. The quantitative estimate of drug-likeness (QED) is 0.878. The van der Waals surface area contributed by atoms with Gasteiger partial charge in [-0.15, -0.1) is 0 Å². The predicted octanol–water partition coefficient (Wildman–Crippen LogP) is 1.62. The normalized spacial score (nSPS) is 24.0. The fourth-order valence-corrected chi connectivity index (χ4v) is 3.32. The molecular formula is C15H23N3O. The van der Waals surface area contributed by atoms with Gasteiger partial charge in [0.2, 0.25) is 0 Å². The second-order valence-corrected chi connectivity index (χ2v) is 5.53. The van der Waals surface area contributed by atoms with E-state index in [-0.39, 0.29) is 0 Å². The zero-order chi connectivity index (χ0) is 13.2. The SMILES string of the molecule is CNc1cc(C)nc2c1CC(N1CCOCC1)CC2. The van der Waals surface area contributed by atoms with Gasteiger partial charge in [-0.3, -0.25) is 9.88 Å². The number of aryl methyl sites for hydroxylation is 2. The molecule has 1 unspecified atom stereocenters. The molecule has 0 radical (unpaired) electrons. The molecule has 1 atom stereocenters. The van der Waals surface area contributed by atoms with Crippen LogP contribution < -0.4 is 5.32 Å². The molecule has 3 rings (SSSR count). The third kappa shape index (κ3) is 2.60. The maximum Gasteiger partial charge on any atom is 0.0594 e. The lowest BCUT2D eigenvalue weighted by Gasteiger charge is -2.37. The number of hydrogen-bond acceptors (Lipinski definition) is 4. The van der Waals surface area contributed by atoms with Crippen molar-refractivity contribution in [2.75, 3.05) is 38.7 Å². The summed E-state index contributed by atoms with van der Waals surface area (Å²) >= 11 is 0. The van der Waals surface area contributed by atoms with E-state index in [1.165, 1.54) is 23.4 Å². The highest BCUT2D eigenvalue weighted by Gasteiger charge is 2.27. The summed E-state index contributed by atoms with van der Waals surface area (Å²) in [6.45, 7) is 6.00. The fourth-order valence-electron chi connectivity index (χ4n) is 3.32. The minimum atomic E-state index is 0.660. The molecule has 1 aliphatic carbocycles. The minimum absolute atomic E-state index is 0.660. The summed E-state index contributed by atoms with van der Waals surface area (Å²) in [7, 11) is 2.01. The molecular weight excluding hydrogens is 238 g/mol. The molecule has 4 nitrogen and oxygen atoms in total. The van der Waals surface area contributed by atoms with Crippen LogP contribution in [0, 0.1) is 6.92 Å². The molecule has 0 spiro atoms. The summed E-state index contributed by atoms with van der Waals surface area (Å²) in [6, 6.07) is 2.83. The second kappa shape index (κ2) is 5.47. The summed E-state index contributed by atoms with van der Waals surface area (Å²) in [4.78, 5) is 7.31. The highest BCUT2D eigenvalue weighted by Crippen LogP contribution is 2.29. The largest absolute Gasteiger partial charge is 0.388 e. The number of ether oxygens (including phenoxy) is 1. The van der Waals surface area contributed by atoms with E-state index in [1.807, 2.05) is 7.05 Å². The monoisotopic (exact) mass is 261 g/mol. The van der Waals surface area contributed by atoms with E-state index in [1.54, 1.807) is 0 Å². The minimum Gasteiger partial charge on any atom is -0.388 e. The Morgan fingerprint density at radius 2 is 2.16 bits per heavy atom. The number of pyridine rings is 1. The summed E-state index contributed by atoms with van der Waals surface area (Å²) in [5.41, 5.74) is 5.11. The highest BCUT2D eigenvalue weighted by molar-refractivity contribution is 5.54.